The number of hydrogen-bond acceptors (Lipinski definition) is 14. The van der Waals surface area contributed by atoms with Gasteiger partial charge in [0.2, 0.25) is 5.60 Å². The molecule has 3 N–H and O–H groups in total. The van der Waals surface area contributed by atoms with Crippen molar-refractivity contribution in [2.45, 2.75) is 76.7 Å². The number of esters is 3. The summed E-state index contributed by atoms with van der Waals surface area (Å²) in [5, 5.41) is 17.5. The number of ether oxygens (including phenoxy) is 4. The monoisotopic (exact) mass is 700 g/mol. The molecule has 1 aliphatic carbocycles. The summed E-state index contributed by atoms with van der Waals surface area (Å²) in [5.41, 5.74) is 4.23. The maximum atomic E-state index is 14.4. The zero-order valence-electron chi connectivity index (χ0n) is 27.8. The van der Waals surface area contributed by atoms with Crippen LogP contribution in [0.5, 0.6) is 5.75 Å². The molecule has 2 aromatic heterocycles. The van der Waals surface area contributed by atoms with E-state index in [0.717, 1.165) is 26.4 Å². The number of rotatable bonds is 18. The lowest BCUT2D eigenvalue weighted by molar-refractivity contribution is -0.193. The zero-order chi connectivity index (χ0) is 35.6. The third kappa shape index (κ3) is 9.12. The number of nitrogens with two attached hydrogens (primary N) is 1. The van der Waals surface area contributed by atoms with Crippen LogP contribution in [0.25, 0.3) is 5.52 Å². The minimum Gasteiger partial charge on any atom is -0.464 e. The summed E-state index contributed by atoms with van der Waals surface area (Å²) in [7, 11) is -3.39. The van der Waals surface area contributed by atoms with E-state index in [2.05, 4.69) is 15.2 Å². The Kier molecular flexibility index (Phi) is 12.7. The van der Waals surface area contributed by atoms with Crippen LogP contribution in [0.1, 0.15) is 64.7 Å². The molecule has 2 heterocycles. The van der Waals surface area contributed by atoms with E-state index in [1.807, 2.05) is 6.07 Å². The molecule has 1 fully saturated rings. The lowest BCUT2D eigenvalue weighted by atomic mass is 9.86. The number of carbonyl (C=O) groups excluding carboxylic acids is 3. The molecule has 16 nitrogen and oxygen atoms in total. The fourth-order valence-corrected chi connectivity index (χ4v) is 6.40. The van der Waals surface area contributed by atoms with E-state index >= 15 is 0 Å². The first-order valence-electron chi connectivity index (χ1n) is 15.8. The second-order valence-corrected chi connectivity index (χ2v) is 13.1. The maximum Gasteiger partial charge on any atom is 0.459 e. The Labute approximate surface area is 283 Å². The van der Waals surface area contributed by atoms with E-state index in [1.54, 1.807) is 31.2 Å². The summed E-state index contributed by atoms with van der Waals surface area (Å²) in [4.78, 5) is 42.5. The molecule has 0 spiro atoms. The molecule has 17 heteroatoms. The molecule has 1 aromatic carbocycles. The summed E-state index contributed by atoms with van der Waals surface area (Å²) < 4.78 is 49.9. The number of anilines is 1. The highest BCUT2D eigenvalue weighted by molar-refractivity contribution is 7.52. The van der Waals surface area contributed by atoms with Gasteiger partial charge in [-0.15, -0.1) is 0 Å². The molecule has 0 bridgehead atoms. The van der Waals surface area contributed by atoms with Crippen LogP contribution < -0.4 is 15.3 Å². The van der Waals surface area contributed by atoms with Crippen LogP contribution in [0.3, 0.4) is 0 Å². The van der Waals surface area contributed by atoms with Crippen LogP contribution >= 0.6 is 7.75 Å². The van der Waals surface area contributed by atoms with E-state index in [4.69, 9.17) is 33.7 Å². The molecule has 4 rings (SSSR count). The van der Waals surface area contributed by atoms with Crippen molar-refractivity contribution in [2.75, 3.05) is 26.1 Å². The van der Waals surface area contributed by atoms with Crippen molar-refractivity contribution in [2.24, 2.45) is 5.92 Å². The van der Waals surface area contributed by atoms with Crippen molar-refractivity contribution in [3.05, 3.63) is 54.5 Å². The van der Waals surface area contributed by atoms with Crippen LogP contribution in [0.2, 0.25) is 0 Å². The molecule has 1 aliphatic rings. The number of hydrogen-bond donors (Lipinski definition) is 2. The van der Waals surface area contributed by atoms with Gasteiger partial charge in [-0.2, -0.15) is 15.4 Å². The molecular formula is C32H41N6O10P. The van der Waals surface area contributed by atoms with E-state index in [9.17, 15) is 24.2 Å². The third-order valence-corrected chi connectivity index (χ3v) is 9.62. The van der Waals surface area contributed by atoms with Gasteiger partial charge in [-0.1, -0.05) is 38.5 Å². The number of nitrogens with zero attached hydrogens (tertiary/aromatic N) is 4. The smallest absolute Gasteiger partial charge is 0.459 e. The Bertz CT molecular complexity index is 1690. The lowest BCUT2D eigenvalue weighted by Gasteiger charge is -2.37. The number of benzene rings is 1. The van der Waals surface area contributed by atoms with E-state index in [1.165, 1.54) is 42.9 Å². The highest BCUT2D eigenvalue weighted by Gasteiger charge is 2.52. The van der Waals surface area contributed by atoms with Gasteiger partial charge in [0, 0.05) is 20.0 Å². The van der Waals surface area contributed by atoms with Crippen LogP contribution in [0, 0.1) is 17.2 Å². The zero-order valence-corrected chi connectivity index (χ0v) is 28.7. The van der Waals surface area contributed by atoms with Gasteiger partial charge in [0.25, 0.3) is 0 Å². The number of nitriles is 1. The summed E-state index contributed by atoms with van der Waals surface area (Å²) in [5.74, 6) is -1.68. The minimum absolute atomic E-state index is 0.0762. The Balaban J connectivity index is 1.72. The fourth-order valence-electron chi connectivity index (χ4n) is 4.88. The quantitative estimate of drug-likeness (QED) is 0.109. The van der Waals surface area contributed by atoms with Gasteiger partial charge in [-0.25, -0.2) is 14.1 Å². The molecule has 1 unspecified atom stereocenters. The SMILES string of the molecule is CCC(=O)O[C@@H](c1ccc2c(N)ncnn12)[C@H](OC(=O)CC)[C@@](C#N)(COP(=O)(N[C@@H](C)C(=O)OCC1CCC1)Oc1ccccc1)OC. The summed E-state index contributed by atoms with van der Waals surface area (Å²) in [6, 6.07) is 11.9. The van der Waals surface area contributed by atoms with E-state index in [-0.39, 0.29) is 42.6 Å². The molecular weight excluding hydrogens is 659 g/mol. The van der Waals surface area contributed by atoms with E-state index in [0.29, 0.717) is 5.52 Å². The van der Waals surface area contributed by atoms with Gasteiger partial charge in [0.15, 0.2) is 18.0 Å². The number of nitrogen functional groups attached to an aromatic ring is 1. The third-order valence-electron chi connectivity index (χ3n) is 7.99. The number of methoxy groups -OCH3 is 1. The Hall–Kier alpha value is -4.55. The van der Waals surface area contributed by atoms with Crippen molar-refractivity contribution in [3.8, 4) is 11.8 Å². The Morgan fingerprint density at radius 3 is 2.43 bits per heavy atom. The molecule has 264 valence electrons. The van der Waals surface area contributed by atoms with Crippen molar-refractivity contribution in [1.82, 2.24) is 19.7 Å². The number of aromatic nitrogens is 3. The van der Waals surface area contributed by atoms with Crippen molar-refractivity contribution >= 4 is 37.0 Å². The summed E-state index contributed by atoms with van der Waals surface area (Å²) >= 11 is 0. The second-order valence-electron chi connectivity index (χ2n) is 11.4. The van der Waals surface area contributed by atoms with Crippen molar-refractivity contribution in [1.29, 1.82) is 5.26 Å². The van der Waals surface area contributed by atoms with Crippen LogP contribution in [0.4, 0.5) is 5.82 Å². The average molecular weight is 701 g/mol. The molecule has 0 amide bonds. The first-order valence-corrected chi connectivity index (χ1v) is 17.4. The number of carbonyl (C=O) groups is 3. The summed E-state index contributed by atoms with van der Waals surface area (Å²) in [6.07, 6.45) is 0.708. The van der Waals surface area contributed by atoms with Crippen LogP contribution in [0.15, 0.2) is 48.8 Å². The van der Waals surface area contributed by atoms with Gasteiger partial charge in [0.1, 0.15) is 36.3 Å². The second kappa shape index (κ2) is 16.7. The number of para-hydroxylation sites is 1. The average Bonchev–Trinajstić information content (AvgIpc) is 3.52. The molecule has 5 atom stereocenters. The predicted molar refractivity (Wildman–Crippen MR) is 174 cm³/mol. The normalized spacial score (nSPS) is 17.3. The van der Waals surface area contributed by atoms with Crippen LogP contribution in [-0.4, -0.2) is 70.6 Å². The maximum absolute atomic E-state index is 14.4. The van der Waals surface area contributed by atoms with E-state index < -0.39 is 56.1 Å². The molecule has 3 aromatic rings. The predicted octanol–water partition coefficient (Wildman–Crippen LogP) is 4.06. The Morgan fingerprint density at radius 2 is 1.82 bits per heavy atom. The highest BCUT2D eigenvalue weighted by Crippen LogP contribution is 2.47. The largest absolute Gasteiger partial charge is 0.464 e. The van der Waals surface area contributed by atoms with Gasteiger partial charge >= 0.3 is 25.7 Å². The standard InChI is InChI=1S/C32H41N6O10P/c1-5-26(39)46-28(24-15-16-25-30(34)35-20-36-38(24)25)29(47-27(40)6-2)32(18-33,43-4)19-45-49(42,48-23-13-8-7-9-14-23)37-21(3)31(41)44-17-22-11-10-12-22/h7-9,13-16,20-22,28-29H,5-6,10-12,17,19H2,1-4H3,(H,37,42)(H2,34,35,36)/t21-,28-,29-,32+,49?/m0/s1. The van der Waals surface area contributed by atoms with Gasteiger partial charge in [-0.3, -0.25) is 18.9 Å². The Morgan fingerprint density at radius 1 is 1.12 bits per heavy atom. The molecule has 0 saturated heterocycles. The van der Waals surface area contributed by atoms with Crippen molar-refractivity contribution < 1.29 is 46.9 Å². The molecule has 49 heavy (non-hydrogen) atoms. The highest BCUT2D eigenvalue weighted by atomic mass is 31.2. The van der Waals surface area contributed by atoms with Gasteiger partial charge in [-0.05, 0) is 49.9 Å². The molecule has 0 radical (unpaired) electrons. The lowest BCUT2D eigenvalue weighted by Crippen LogP contribution is -2.53. The van der Waals surface area contributed by atoms with Crippen molar-refractivity contribution in [3.63, 3.8) is 0 Å². The topological polar surface area (TPSA) is 216 Å². The van der Waals surface area contributed by atoms with Crippen LogP contribution in [-0.2, 0) is 42.4 Å². The summed E-state index contributed by atoms with van der Waals surface area (Å²) in [6.45, 7) is 3.87. The minimum atomic E-state index is -4.54. The number of nitrogens with one attached hydrogen (secondary N) is 1. The first-order chi connectivity index (χ1) is 23.5. The molecule has 0 aliphatic heterocycles. The fraction of sp³-hybridized carbons (Fsp3) is 0.500. The van der Waals surface area contributed by atoms with Gasteiger partial charge in [0.05, 0.1) is 12.3 Å². The first kappa shape index (κ1) is 37.3. The van der Waals surface area contributed by atoms with Gasteiger partial charge < -0.3 is 29.2 Å². The molecule has 1 saturated carbocycles. The number of fused-ring (bicyclic) bond motifs is 1.